The Morgan fingerprint density at radius 1 is 1.23 bits per heavy atom. The normalized spacial score (nSPS) is 24.6. The average molecular weight is 554 g/mol. The lowest BCUT2D eigenvalue weighted by Gasteiger charge is -2.37. The fourth-order valence-corrected chi connectivity index (χ4v) is 5.54. The number of aliphatic imine (C=N–C) groups is 1. The van der Waals surface area contributed by atoms with Gasteiger partial charge in [0.2, 0.25) is 0 Å². The summed E-state index contributed by atoms with van der Waals surface area (Å²) in [6, 6.07) is 4.62. The Labute approximate surface area is 231 Å². The number of amides is 1. The minimum Gasteiger partial charge on any atom is -0.495 e. The first-order valence-electron chi connectivity index (χ1n) is 13.3. The van der Waals surface area contributed by atoms with Gasteiger partial charge < -0.3 is 19.5 Å². The van der Waals surface area contributed by atoms with Crippen molar-refractivity contribution in [2.45, 2.75) is 51.3 Å². The molecule has 1 aromatic heterocycles. The molecule has 0 saturated carbocycles. The molecule has 0 radical (unpaired) electrons. The fourth-order valence-electron chi connectivity index (χ4n) is 5.54. The van der Waals surface area contributed by atoms with Crippen molar-refractivity contribution in [3.8, 4) is 0 Å². The Morgan fingerprint density at radius 3 is 2.70 bits per heavy atom. The summed E-state index contributed by atoms with van der Waals surface area (Å²) in [6.45, 7) is 5.01. The van der Waals surface area contributed by atoms with Crippen LogP contribution < -0.4 is 0 Å². The molecule has 1 aliphatic carbocycles. The Morgan fingerprint density at radius 2 is 2.02 bits per heavy atom. The molecule has 3 unspecified atom stereocenters. The van der Waals surface area contributed by atoms with Crippen LogP contribution in [0.2, 0.25) is 0 Å². The molecule has 1 amide bonds. The molecular weight excluding hydrogens is 520 g/mol. The van der Waals surface area contributed by atoms with Crippen LogP contribution in [0.3, 0.4) is 0 Å². The smallest absolute Gasteiger partial charge is 0.267 e. The molecule has 3 atom stereocenters. The largest absolute Gasteiger partial charge is 0.495 e. The molecule has 0 spiro atoms. The number of carbonyl (C=O) groups excluding carboxylic acids is 1. The highest BCUT2D eigenvalue weighted by atomic mass is 19.1. The minimum absolute atomic E-state index is 0.103. The van der Waals surface area contributed by atoms with Crippen LogP contribution in [-0.4, -0.2) is 75.9 Å². The van der Waals surface area contributed by atoms with Crippen LogP contribution in [0.5, 0.6) is 0 Å². The van der Waals surface area contributed by atoms with Gasteiger partial charge in [-0.25, -0.2) is 8.78 Å². The number of methoxy groups -OCH3 is 2. The van der Waals surface area contributed by atoms with E-state index in [1.54, 1.807) is 35.8 Å². The third-order valence-electron chi connectivity index (χ3n) is 7.63. The third kappa shape index (κ3) is 4.90. The van der Waals surface area contributed by atoms with Crippen LogP contribution in [0.1, 0.15) is 43.9 Å². The number of aryl methyl sites for hydroxylation is 1. The van der Waals surface area contributed by atoms with Crippen LogP contribution >= 0.6 is 0 Å². The van der Waals surface area contributed by atoms with Gasteiger partial charge in [-0.1, -0.05) is 12.1 Å². The number of halogens is 2. The molecule has 1 aromatic carbocycles. The molecule has 1 saturated heterocycles. The van der Waals surface area contributed by atoms with Crippen molar-refractivity contribution >= 4 is 11.7 Å². The van der Waals surface area contributed by atoms with Gasteiger partial charge in [0.1, 0.15) is 34.8 Å². The number of aromatic nitrogens is 2. The predicted molar refractivity (Wildman–Crippen MR) is 144 cm³/mol. The van der Waals surface area contributed by atoms with E-state index in [0.717, 1.165) is 6.07 Å². The highest BCUT2D eigenvalue weighted by molar-refractivity contribution is 6.16. The fraction of sp³-hybridized carbons (Fsp3) is 0.414. The molecule has 2 aromatic rings. The van der Waals surface area contributed by atoms with E-state index in [0.29, 0.717) is 54.5 Å². The minimum atomic E-state index is -0.696. The maximum Gasteiger partial charge on any atom is 0.267 e. The molecule has 9 nitrogen and oxygen atoms in total. The first-order valence-corrected chi connectivity index (χ1v) is 13.3. The standard InChI is InChI=1S/C29H33F2N5O4/c1-5-35-14-12-22(33-35)27-32-17(2)25(29(38)36(27)26-23(39-3)7-6-8-24(26)40-4)28(37)34-13-11-18(16-34)20-10-9-19(30)15-21(20)31/h6-7,9-10,12,14-15,17-18,24,37H,5,8,11,13,16H2,1-4H3. The molecule has 212 valence electrons. The Balaban J connectivity index is 1.57. The number of carbonyl (C=O) groups is 1. The molecule has 5 rings (SSSR count). The number of aliphatic hydroxyl groups is 1. The average Bonchev–Trinajstić information content (AvgIpc) is 3.63. The second kappa shape index (κ2) is 11.2. The zero-order chi connectivity index (χ0) is 28.6. The lowest BCUT2D eigenvalue weighted by atomic mass is 9.97. The van der Waals surface area contributed by atoms with Crippen molar-refractivity contribution in [3.05, 3.63) is 88.4 Å². The van der Waals surface area contributed by atoms with Crippen LogP contribution in [0.15, 0.2) is 70.5 Å². The van der Waals surface area contributed by atoms with Crippen molar-refractivity contribution in [2.24, 2.45) is 4.99 Å². The lowest BCUT2D eigenvalue weighted by Crippen LogP contribution is -2.49. The van der Waals surface area contributed by atoms with E-state index in [-0.39, 0.29) is 23.9 Å². The third-order valence-corrected chi connectivity index (χ3v) is 7.63. The maximum absolute atomic E-state index is 14.5. The summed E-state index contributed by atoms with van der Waals surface area (Å²) in [6.07, 6.45) is 6.04. The van der Waals surface area contributed by atoms with Crippen molar-refractivity contribution in [1.29, 1.82) is 0 Å². The van der Waals surface area contributed by atoms with Gasteiger partial charge >= 0.3 is 0 Å². The molecule has 3 aliphatic rings. The van der Waals surface area contributed by atoms with Crippen molar-refractivity contribution < 1.29 is 28.2 Å². The number of amidine groups is 1. The Bertz CT molecular complexity index is 1430. The Kier molecular flexibility index (Phi) is 7.75. The van der Waals surface area contributed by atoms with Gasteiger partial charge in [0.15, 0.2) is 11.7 Å². The highest BCUT2D eigenvalue weighted by Crippen LogP contribution is 2.36. The number of ether oxygens (including phenoxy) is 2. The van der Waals surface area contributed by atoms with E-state index < -0.39 is 29.7 Å². The summed E-state index contributed by atoms with van der Waals surface area (Å²) in [5, 5.41) is 16.1. The highest BCUT2D eigenvalue weighted by Gasteiger charge is 2.43. The van der Waals surface area contributed by atoms with Gasteiger partial charge in [-0.15, -0.1) is 0 Å². The molecule has 1 N–H and O–H groups in total. The van der Waals surface area contributed by atoms with Crippen LogP contribution in [0.25, 0.3) is 0 Å². The quantitative estimate of drug-likeness (QED) is 0.407. The molecular formula is C29H33F2N5O4. The van der Waals surface area contributed by atoms with E-state index >= 15 is 0 Å². The Hall–Kier alpha value is -3.99. The number of hydrogen-bond acceptors (Lipinski definition) is 7. The second-order valence-electron chi connectivity index (χ2n) is 9.98. The summed E-state index contributed by atoms with van der Waals surface area (Å²) >= 11 is 0. The number of aliphatic hydroxyl groups excluding tert-OH is 1. The summed E-state index contributed by atoms with van der Waals surface area (Å²) in [5.41, 5.74) is 1.45. The van der Waals surface area contributed by atoms with Gasteiger partial charge in [-0.2, -0.15) is 5.10 Å². The van der Waals surface area contributed by atoms with E-state index in [2.05, 4.69) is 5.10 Å². The molecule has 11 heteroatoms. The van der Waals surface area contributed by atoms with E-state index in [1.165, 1.54) is 24.1 Å². The lowest BCUT2D eigenvalue weighted by molar-refractivity contribution is -0.124. The van der Waals surface area contributed by atoms with E-state index in [1.807, 2.05) is 19.2 Å². The van der Waals surface area contributed by atoms with Gasteiger partial charge in [-0.05, 0) is 50.5 Å². The van der Waals surface area contributed by atoms with Gasteiger partial charge in [0.25, 0.3) is 5.91 Å². The van der Waals surface area contributed by atoms with E-state index in [9.17, 15) is 18.7 Å². The summed E-state index contributed by atoms with van der Waals surface area (Å²) in [7, 11) is 3.08. The number of nitrogens with zero attached hydrogens (tertiary/aromatic N) is 5. The summed E-state index contributed by atoms with van der Waals surface area (Å²) in [4.78, 5) is 22.3. The molecule has 2 aliphatic heterocycles. The summed E-state index contributed by atoms with van der Waals surface area (Å²) in [5.74, 6) is -1.45. The number of allylic oxidation sites excluding steroid dienone is 1. The first kappa shape index (κ1) is 27.6. The zero-order valence-electron chi connectivity index (χ0n) is 23.0. The van der Waals surface area contributed by atoms with Gasteiger partial charge in [0.05, 0.1) is 18.8 Å². The monoisotopic (exact) mass is 553 g/mol. The SMILES string of the molecule is CCn1ccc(C2=NC(C)C(=C(O)N3CCC(c4ccc(F)cc4F)C3)C(=O)N2C2=C(OC)C=CCC2OC)n1. The van der Waals surface area contributed by atoms with Crippen molar-refractivity contribution in [3.63, 3.8) is 0 Å². The van der Waals surface area contributed by atoms with Crippen LogP contribution in [0.4, 0.5) is 8.78 Å². The van der Waals surface area contributed by atoms with Gasteiger partial charge in [-0.3, -0.25) is 19.4 Å². The first-order chi connectivity index (χ1) is 19.3. The predicted octanol–water partition coefficient (Wildman–Crippen LogP) is 4.25. The molecule has 1 fully saturated rings. The van der Waals surface area contributed by atoms with E-state index in [4.69, 9.17) is 14.5 Å². The molecule has 0 bridgehead atoms. The molecule has 40 heavy (non-hydrogen) atoms. The molecule has 3 heterocycles. The number of hydrogen-bond donors (Lipinski definition) is 1. The van der Waals surface area contributed by atoms with Crippen LogP contribution in [0, 0.1) is 11.6 Å². The van der Waals surface area contributed by atoms with Crippen LogP contribution in [-0.2, 0) is 20.8 Å². The number of likely N-dealkylation sites (tertiary alicyclic amines) is 1. The van der Waals surface area contributed by atoms with Gasteiger partial charge in [0, 0.05) is 44.9 Å². The zero-order valence-corrected chi connectivity index (χ0v) is 23.0. The topological polar surface area (TPSA) is 92.4 Å². The summed E-state index contributed by atoms with van der Waals surface area (Å²) < 4.78 is 41.1. The maximum atomic E-state index is 14.5. The number of benzene rings is 1. The second-order valence-corrected chi connectivity index (χ2v) is 9.98. The van der Waals surface area contributed by atoms with Crippen molar-refractivity contribution in [1.82, 2.24) is 19.6 Å². The number of rotatable bonds is 7. The van der Waals surface area contributed by atoms with Crippen molar-refractivity contribution in [2.75, 3.05) is 27.3 Å².